The second kappa shape index (κ2) is 7.92. The minimum absolute atomic E-state index is 0.0200. The third-order valence-corrected chi connectivity index (χ3v) is 4.80. The zero-order chi connectivity index (χ0) is 17.7. The van der Waals surface area contributed by atoms with E-state index in [9.17, 15) is 14.9 Å². The van der Waals surface area contributed by atoms with Crippen molar-refractivity contribution in [3.05, 3.63) is 38.9 Å². The molecule has 1 aromatic carbocycles. The molecule has 0 unspecified atom stereocenters. The van der Waals surface area contributed by atoms with Crippen molar-refractivity contribution in [2.45, 2.75) is 19.4 Å². The van der Waals surface area contributed by atoms with Gasteiger partial charge in [-0.1, -0.05) is 11.6 Å². The number of halogens is 1. The molecule has 7 nitrogen and oxygen atoms in total. The quantitative estimate of drug-likeness (QED) is 0.624. The van der Waals surface area contributed by atoms with Crippen molar-refractivity contribution in [2.24, 2.45) is 5.41 Å². The number of nitro benzene ring substituents is 1. The first-order chi connectivity index (χ1) is 11.4. The fourth-order valence-electron chi connectivity index (χ4n) is 3.13. The Labute approximate surface area is 146 Å². The summed E-state index contributed by atoms with van der Waals surface area (Å²) in [6, 6.07) is 4.26. The van der Waals surface area contributed by atoms with E-state index >= 15 is 0 Å². The number of benzene rings is 1. The summed E-state index contributed by atoms with van der Waals surface area (Å²) in [6.45, 7) is 2.11. The fourth-order valence-corrected chi connectivity index (χ4v) is 3.31. The lowest BCUT2D eigenvalue weighted by Gasteiger charge is -2.38. The van der Waals surface area contributed by atoms with Gasteiger partial charge in [-0.05, 0) is 37.6 Å². The van der Waals surface area contributed by atoms with E-state index < -0.39 is 10.3 Å². The summed E-state index contributed by atoms with van der Waals surface area (Å²) >= 11 is 6.14. The first-order valence-corrected chi connectivity index (χ1v) is 8.15. The molecule has 0 aromatic heterocycles. The van der Waals surface area contributed by atoms with Crippen molar-refractivity contribution in [3.8, 4) is 0 Å². The van der Waals surface area contributed by atoms with Crippen LogP contribution >= 0.6 is 11.6 Å². The average molecular weight is 356 g/mol. The Hall–Kier alpha value is -1.70. The van der Waals surface area contributed by atoms with E-state index in [2.05, 4.69) is 5.32 Å². The summed E-state index contributed by atoms with van der Waals surface area (Å²) < 4.78 is 5.29. The van der Waals surface area contributed by atoms with Gasteiger partial charge in [0, 0.05) is 37.9 Å². The molecule has 1 amide bonds. The summed E-state index contributed by atoms with van der Waals surface area (Å²) in [7, 11) is 3.28. The third kappa shape index (κ3) is 4.03. The van der Waals surface area contributed by atoms with Crippen LogP contribution in [-0.4, -0.2) is 49.6 Å². The van der Waals surface area contributed by atoms with Crippen LogP contribution < -0.4 is 5.32 Å². The molecule has 132 valence electrons. The van der Waals surface area contributed by atoms with Crippen LogP contribution in [0.4, 0.5) is 5.69 Å². The third-order valence-electron chi connectivity index (χ3n) is 4.43. The highest BCUT2D eigenvalue weighted by molar-refractivity contribution is 6.31. The first kappa shape index (κ1) is 18.6. The van der Waals surface area contributed by atoms with Gasteiger partial charge >= 0.3 is 0 Å². The number of ether oxygens (including phenoxy) is 1. The Balaban J connectivity index is 2.18. The van der Waals surface area contributed by atoms with E-state index in [-0.39, 0.29) is 18.1 Å². The maximum absolute atomic E-state index is 13.0. The number of nitrogens with one attached hydrogen (secondary N) is 1. The molecule has 1 N–H and O–H groups in total. The minimum atomic E-state index is -0.554. The van der Waals surface area contributed by atoms with Gasteiger partial charge in [-0.3, -0.25) is 14.9 Å². The summed E-state index contributed by atoms with van der Waals surface area (Å²) in [5.74, 6) is -0.0200. The van der Waals surface area contributed by atoms with Crippen LogP contribution in [0.3, 0.4) is 0 Å². The van der Waals surface area contributed by atoms with Crippen molar-refractivity contribution in [1.82, 2.24) is 10.2 Å². The number of non-ortho nitro benzene ring substituents is 1. The first-order valence-electron chi connectivity index (χ1n) is 7.78. The van der Waals surface area contributed by atoms with E-state index in [1.165, 1.54) is 18.2 Å². The number of amides is 1. The summed E-state index contributed by atoms with van der Waals surface area (Å²) in [5, 5.41) is 14.6. The van der Waals surface area contributed by atoms with Crippen molar-refractivity contribution >= 4 is 23.2 Å². The Bertz CT molecular complexity index is 612. The highest BCUT2D eigenvalue weighted by Crippen LogP contribution is 2.32. The Morgan fingerprint density at radius 2 is 2.12 bits per heavy atom. The van der Waals surface area contributed by atoms with Crippen LogP contribution in [0.1, 0.15) is 18.4 Å². The van der Waals surface area contributed by atoms with Gasteiger partial charge in [-0.2, -0.15) is 0 Å². The van der Waals surface area contributed by atoms with Gasteiger partial charge < -0.3 is 15.0 Å². The number of piperidine rings is 1. The molecule has 1 fully saturated rings. The standard InChI is InChI=1S/C16H22ClN3O4/c1-19(10-12-9-13(20(22)23)3-4-14(12)17)15(21)16(11-24-2)5-7-18-8-6-16/h3-4,9,18H,5-8,10-11H2,1-2H3. The molecular formula is C16H22ClN3O4. The molecule has 1 aromatic rings. The molecular weight excluding hydrogens is 334 g/mol. The van der Waals surface area contributed by atoms with Crippen molar-refractivity contribution in [3.63, 3.8) is 0 Å². The molecule has 0 atom stereocenters. The smallest absolute Gasteiger partial charge is 0.269 e. The van der Waals surface area contributed by atoms with E-state index in [0.29, 0.717) is 30.0 Å². The monoisotopic (exact) mass is 355 g/mol. The lowest BCUT2D eigenvalue weighted by molar-refractivity contribution is -0.384. The minimum Gasteiger partial charge on any atom is -0.384 e. The Morgan fingerprint density at radius 3 is 2.71 bits per heavy atom. The van der Waals surface area contributed by atoms with Crippen LogP contribution in [0.5, 0.6) is 0 Å². The SMILES string of the molecule is COCC1(C(=O)N(C)Cc2cc([N+](=O)[O-])ccc2Cl)CCNCC1. The molecule has 0 saturated carbocycles. The number of hydrogen-bond donors (Lipinski definition) is 1. The van der Waals surface area contributed by atoms with Gasteiger partial charge in [-0.25, -0.2) is 0 Å². The number of rotatable bonds is 6. The van der Waals surface area contributed by atoms with Gasteiger partial charge in [0.1, 0.15) is 0 Å². The van der Waals surface area contributed by atoms with Gasteiger partial charge in [0.2, 0.25) is 5.91 Å². The lowest BCUT2D eigenvalue weighted by atomic mass is 9.78. The van der Waals surface area contributed by atoms with Crippen LogP contribution in [-0.2, 0) is 16.1 Å². The predicted molar refractivity (Wildman–Crippen MR) is 91.0 cm³/mol. The van der Waals surface area contributed by atoms with Crippen molar-refractivity contribution < 1.29 is 14.5 Å². The Morgan fingerprint density at radius 1 is 1.46 bits per heavy atom. The molecule has 0 spiro atoms. The molecule has 1 saturated heterocycles. The Kier molecular flexibility index (Phi) is 6.15. The fraction of sp³-hybridized carbons (Fsp3) is 0.562. The largest absolute Gasteiger partial charge is 0.384 e. The number of carbonyl (C=O) groups excluding carboxylic acids is 1. The van der Waals surface area contributed by atoms with Crippen molar-refractivity contribution in [2.75, 3.05) is 33.9 Å². The van der Waals surface area contributed by atoms with Crippen LogP contribution in [0, 0.1) is 15.5 Å². The molecule has 0 bridgehead atoms. The van der Waals surface area contributed by atoms with E-state index in [4.69, 9.17) is 16.3 Å². The van der Waals surface area contributed by atoms with Gasteiger partial charge in [0.25, 0.3) is 5.69 Å². The van der Waals surface area contributed by atoms with Gasteiger partial charge in [0.05, 0.1) is 16.9 Å². The molecule has 1 aliphatic heterocycles. The normalized spacial score (nSPS) is 16.6. The lowest BCUT2D eigenvalue weighted by Crippen LogP contribution is -2.50. The summed E-state index contributed by atoms with van der Waals surface area (Å²) in [6.07, 6.45) is 1.40. The van der Waals surface area contributed by atoms with E-state index in [1.807, 2.05) is 0 Å². The van der Waals surface area contributed by atoms with E-state index in [1.54, 1.807) is 19.1 Å². The summed E-state index contributed by atoms with van der Waals surface area (Å²) in [4.78, 5) is 25.0. The average Bonchev–Trinajstić information content (AvgIpc) is 2.57. The second-order valence-corrected chi connectivity index (χ2v) is 6.56. The van der Waals surface area contributed by atoms with Crippen LogP contribution in [0.25, 0.3) is 0 Å². The van der Waals surface area contributed by atoms with Gasteiger partial charge in [-0.15, -0.1) is 0 Å². The zero-order valence-corrected chi connectivity index (χ0v) is 14.6. The maximum Gasteiger partial charge on any atom is 0.269 e. The van der Waals surface area contributed by atoms with Crippen LogP contribution in [0.15, 0.2) is 18.2 Å². The molecule has 0 radical (unpaired) electrons. The maximum atomic E-state index is 13.0. The highest BCUT2D eigenvalue weighted by atomic mass is 35.5. The molecule has 24 heavy (non-hydrogen) atoms. The number of nitrogens with zero attached hydrogens (tertiary/aromatic N) is 2. The van der Waals surface area contributed by atoms with E-state index in [0.717, 1.165) is 13.1 Å². The number of nitro groups is 1. The van der Waals surface area contributed by atoms with Crippen molar-refractivity contribution in [1.29, 1.82) is 0 Å². The molecule has 2 rings (SSSR count). The highest BCUT2D eigenvalue weighted by Gasteiger charge is 2.41. The number of carbonyl (C=O) groups is 1. The zero-order valence-electron chi connectivity index (χ0n) is 13.9. The number of methoxy groups -OCH3 is 1. The number of hydrogen-bond acceptors (Lipinski definition) is 5. The topological polar surface area (TPSA) is 84.7 Å². The van der Waals surface area contributed by atoms with Gasteiger partial charge in [0.15, 0.2) is 0 Å². The second-order valence-electron chi connectivity index (χ2n) is 6.16. The molecule has 8 heteroatoms. The van der Waals surface area contributed by atoms with Crippen LogP contribution in [0.2, 0.25) is 5.02 Å². The summed E-state index contributed by atoms with van der Waals surface area (Å²) in [5.41, 5.74) is -0.0333. The predicted octanol–water partition coefficient (Wildman–Crippen LogP) is 2.22. The molecule has 1 heterocycles. The molecule has 1 aliphatic rings. The molecule has 0 aliphatic carbocycles.